The van der Waals surface area contributed by atoms with Gasteiger partial charge in [-0.3, -0.25) is 4.68 Å². The van der Waals surface area contributed by atoms with Crippen LogP contribution in [0.1, 0.15) is 60.5 Å². The van der Waals surface area contributed by atoms with Crippen LogP contribution in [0, 0.1) is 0 Å². The number of rotatable bonds is 5. The van der Waals surface area contributed by atoms with Gasteiger partial charge in [0.1, 0.15) is 0 Å². The van der Waals surface area contributed by atoms with Gasteiger partial charge in [0.2, 0.25) is 0 Å². The quantitative estimate of drug-likeness (QED) is 0.909. The van der Waals surface area contributed by atoms with Crippen molar-refractivity contribution in [2.75, 3.05) is 7.05 Å². The van der Waals surface area contributed by atoms with Crippen LogP contribution in [0.25, 0.3) is 0 Å². The van der Waals surface area contributed by atoms with Crippen LogP contribution in [-0.2, 0) is 13.5 Å². The van der Waals surface area contributed by atoms with Crippen LogP contribution < -0.4 is 5.32 Å². The Labute approximate surface area is 127 Å². The van der Waals surface area contributed by atoms with Crippen molar-refractivity contribution >= 4 is 0 Å². The number of benzene rings is 1. The zero-order valence-corrected chi connectivity index (χ0v) is 13.3. The summed E-state index contributed by atoms with van der Waals surface area (Å²) >= 11 is 0. The number of nitrogens with one attached hydrogen (secondary N) is 1. The van der Waals surface area contributed by atoms with Gasteiger partial charge < -0.3 is 5.32 Å². The fourth-order valence-corrected chi connectivity index (χ4v) is 3.27. The van der Waals surface area contributed by atoms with Crippen molar-refractivity contribution in [1.29, 1.82) is 0 Å². The average molecular weight is 283 g/mol. The molecule has 1 aromatic carbocycles. The maximum atomic E-state index is 4.57. The molecule has 1 fully saturated rings. The van der Waals surface area contributed by atoms with E-state index in [4.69, 9.17) is 0 Å². The van der Waals surface area contributed by atoms with Gasteiger partial charge >= 0.3 is 0 Å². The lowest BCUT2D eigenvalue weighted by Gasteiger charge is -2.26. The Morgan fingerprint density at radius 1 is 1.29 bits per heavy atom. The topological polar surface area (TPSA) is 29.9 Å². The maximum absolute atomic E-state index is 4.57. The lowest BCUT2D eigenvalue weighted by atomic mass is 9.79. The van der Waals surface area contributed by atoms with Gasteiger partial charge in [0.15, 0.2) is 0 Å². The molecule has 2 aromatic rings. The molecule has 3 nitrogen and oxygen atoms in total. The molecule has 0 amide bonds. The molecular weight excluding hydrogens is 258 g/mol. The molecule has 1 saturated carbocycles. The third-order valence-corrected chi connectivity index (χ3v) is 4.72. The van der Waals surface area contributed by atoms with Gasteiger partial charge in [0.25, 0.3) is 0 Å². The van der Waals surface area contributed by atoms with E-state index in [1.165, 1.54) is 41.6 Å². The van der Waals surface area contributed by atoms with E-state index in [1.54, 1.807) is 0 Å². The van der Waals surface area contributed by atoms with E-state index in [-0.39, 0.29) is 6.04 Å². The Morgan fingerprint density at radius 2 is 2.00 bits per heavy atom. The normalized spacial score (nSPS) is 16.7. The zero-order valence-electron chi connectivity index (χ0n) is 13.3. The molecule has 21 heavy (non-hydrogen) atoms. The van der Waals surface area contributed by atoms with Gasteiger partial charge in [0, 0.05) is 18.8 Å². The summed E-state index contributed by atoms with van der Waals surface area (Å²) in [6.45, 7) is 2.16. The van der Waals surface area contributed by atoms with E-state index >= 15 is 0 Å². The smallest absolute Gasteiger partial charge is 0.0673 e. The van der Waals surface area contributed by atoms with Crippen LogP contribution in [0.5, 0.6) is 0 Å². The van der Waals surface area contributed by atoms with E-state index < -0.39 is 0 Å². The standard InChI is InChI=1S/C18H25N3/c1-4-17-16(12-21(3)20-17)18(19-2)15-10-8-14(9-11-15)13-6-5-7-13/h8-13,18-19H,4-7H2,1-3H3. The van der Waals surface area contributed by atoms with Crippen LogP contribution in [-0.4, -0.2) is 16.8 Å². The highest BCUT2D eigenvalue weighted by atomic mass is 15.3. The molecule has 0 radical (unpaired) electrons. The minimum atomic E-state index is 0.226. The van der Waals surface area contributed by atoms with Crippen molar-refractivity contribution in [3.8, 4) is 0 Å². The summed E-state index contributed by atoms with van der Waals surface area (Å²) in [4.78, 5) is 0. The van der Waals surface area contributed by atoms with Gasteiger partial charge in [-0.25, -0.2) is 0 Å². The van der Waals surface area contributed by atoms with E-state index in [1.807, 2.05) is 18.8 Å². The van der Waals surface area contributed by atoms with Crippen LogP contribution in [0.15, 0.2) is 30.5 Å². The Kier molecular flexibility index (Phi) is 4.11. The Balaban J connectivity index is 1.88. The maximum Gasteiger partial charge on any atom is 0.0673 e. The van der Waals surface area contributed by atoms with Crippen molar-refractivity contribution in [1.82, 2.24) is 15.1 Å². The molecule has 3 heteroatoms. The van der Waals surface area contributed by atoms with Crippen molar-refractivity contribution < 1.29 is 0 Å². The average Bonchev–Trinajstić information content (AvgIpc) is 2.81. The van der Waals surface area contributed by atoms with Crippen LogP contribution in [0.4, 0.5) is 0 Å². The van der Waals surface area contributed by atoms with Crippen molar-refractivity contribution in [3.05, 3.63) is 52.8 Å². The summed E-state index contributed by atoms with van der Waals surface area (Å²) in [6, 6.07) is 9.41. The fourth-order valence-electron chi connectivity index (χ4n) is 3.27. The summed E-state index contributed by atoms with van der Waals surface area (Å²) in [5.41, 5.74) is 5.30. The Morgan fingerprint density at radius 3 is 2.52 bits per heavy atom. The number of aryl methyl sites for hydroxylation is 2. The molecule has 0 aliphatic heterocycles. The number of nitrogens with zero attached hydrogens (tertiary/aromatic N) is 2. The molecule has 0 saturated heterocycles. The monoisotopic (exact) mass is 283 g/mol. The van der Waals surface area contributed by atoms with Gasteiger partial charge in [0.05, 0.1) is 11.7 Å². The molecule has 1 aliphatic carbocycles. The van der Waals surface area contributed by atoms with Gasteiger partial charge in [-0.05, 0) is 43.4 Å². The molecule has 0 spiro atoms. The van der Waals surface area contributed by atoms with E-state index in [9.17, 15) is 0 Å². The first-order valence-electron chi connectivity index (χ1n) is 8.02. The lowest BCUT2D eigenvalue weighted by Crippen LogP contribution is -2.18. The lowest BCUT2D eigenvalue weighted by molar-refractivity contribution is 0.419. The summed E-state index contributed by atoms with van der Waals surface area (Å²) < 4.78 is 1.92. The molecule has 1 N–H and O–H groups in total. The predicted molar refractivity (Wildman–Crippen MR) is 86.5 cm³/mol. The first-order chi connectivity index (χ1) is 10.2. The highest BCUT2D eigenvalue weighted by Gasteiger charge is 2.21. The zero-order chi connectivity index (χ0) is 14.8. The molecule has 112 valence electrons. The summed E-state index contributed by atoms with van der Waals surface area (Å²) in [7, 11) is 4.02. The Hall–Kier alpha value is -1.61. The van der Waals surface area contributed by atoms with Crippen LogP contribution in [0.3, 0.4) is 0 Å². The highest BCUT2D eigenvalue weighted by molar-refractivity contribution is 5.36. The number of hydrogen-bond acceptors (Lipinski definition) is 2. The van der Waals surface area contributed by atoms with Gasteiger partial charge in [-0.15, -0.1) is 0 Å². The van der Waals surface area contributed by atoms with Gasteiger partial charge in [-0.1, -0.05) is 37.6 Å². The summed E-state index contributed by atoms with van der Waals surface area (Å²) in [6.07, 6.45) is 7.21. The highest BCUT2D eigenvalue weighted by Crippen LogP contribution is 2.37. The van der Waals surface area contributed by atoms with Crippen molar-refractivity contribution in [2.24, 2.45) is 7.05 Å². The number of hydrogen-bond donors (Lipinski definition) is 1. The first-order valence-corrected chi connectivity index (χ1v) is 8.02. The number of aromatic nitrogens is 2. The third-order valence-electron chi connectivity index (χ3n) is 4.72. The second kappa shape index (κ2) is 6.02. The second-order valence-corrected chi connectivity index (χ2v) is 6.07. The van der Waals surface area contributed by atoms with Crippen LogP contribution >= 0.6 is 0 Å². The molecule has 1 heterocycles. The molecule has 3 rings (SSSR count). The minimum absolute atomic E-state index is 0.226. The SMILES string of the molecule is CCc1nn(C)cc1C(NC)c1ccc(C2CCC2)cc1. The molecule has 1 aliphatic rings. The predicted octanol–water partition coefficient (Wildman–Crippen LogP) is 3.56. The molecule has 1 unspecified atom stereocenters. The van der Waals surface area contributed by atoms with E-state index in [0.717, 1.165) is 12.3 Å². The molecule has 1 aromatic heterocycles. The minimum Gasteiger partial charge on any atom is -0.309 e. The summed E-state index contributed by atoms with van der Waals surface area (Å²) in [5, 5.41) is 8.01. The second-order valence-electron chi connectivity index (χ2n) is 6.07. The van der Waals surface area contributed by atoms with Gasteiger partial charge in [-0.2, -0.15) is 5.10 Å². The third kappa shape index (κ3) is 2.75. The Bertz CT molecular complexity index is 593. The van der Waals surface area contributed by atoms with Crippen molar-refractivity contribution in [3.63, 3.8) is 0 Å². The van der Waals surface area contributed by atoms with E-state index in [2.05, 4.69) is 47.8 Å². The molecule has 1 atom stereocenters. The molecular formula is C18H25N3. The fraction of sp³-hybridized carbons (Fsp3) is 0.500. The molecule has 0 bridgehead atoms. The first kappa shape index (κ1) is 14.3. The van der Waals surface area contributed by atoms with Crippen LogP contribution in [0.2, 0.25) is 0 Å². The van der Waals surface area contributed by atoms with Crippen molar-refractivity contribution in [2.45, 2.75) is 44.6 Å². The largest absolute Gasteiger partial charge is 0.309 e. The summed E-state index contributed by atoms with van der Waals surface area (Å²) in [5.74, 6) is 0.802. The van der Waals surface area contributed by atoms with E-state index in [0.29, 0.717) is 0 Å².